The lowest BCUT2D eigenvalue weighted by molar-refractivity contribution is -0.00676. The van der Waals surface area contributed by atoms with Gasteiger partial charge in [0.15, 0.2) is 0 Å². The topological polar surface area (TPSA) is 59.8 Å². The molecule has 0 unspecified atom stereocenters. The molecule has 4 bridgehead atoms. The molecule has 7 heteroatoms. The maximum Gasteiger partial charge on any atom is 0.254 e. The van der Waals surface area contributed by atoms with E-state index in [0.717, 1.165) is 64.2 Å². The van der Waals surface area contributed by atoms with Crippen molar-refractivity contribution in [3.63, 3.8) is 0 Å². The van der Waals surface area contributed by atoms with Crippen LogP contribution in [-0.2, 0) is 18.3 Å². The van der Waals surface area contributed by atoms with E-state index < -0.39 is 0 Å². The largest absolute Gasteiger partial charge is 0.492 e. The van der Waals surface area contributed by atoms with Gasteiger partial charge in [0.25, 0.3) is 5.91 Å². The third kappa shape index (κ3) is 5.33. The number of carbonyl (C=O) groups excluding carboxylic acids is 1. The summed E-state index contributed by atoms with van der Waals surface area (Å²) in [7, 11) is 3.79. The fourth-order valence-electron chi connectivity index (χ4n) is 4.93. The monoisotopic (exact) mass is 440 g/mol. The number of benzene rings is 1. The molecular formula is C25H36N4O3. The first-order valence-corrected chi connectivity index (χ1v) is 11.8. The summed E-state index contributed by atoms with van der Waals surface area (Å²) in [6.45, 7) is 6.95. The third-order valence-electron chi connectivity index (χ3n) is 7.04. The first-order chi connectivity index (χ1) is 15.5. The molecule has 1 amide bonds. The van der Waals surface area contributed by atoms with Crippen molar-refractivity contribution < 1.29 is 14.3 Å². The average Bonchev–Trinajstić information content (AvgIpc) is 3.12. The minimum atomic E-state index is 0.0959. The van der Waals surface area contributed by atoms with E-state index in [1.54, 1.807) is 7.11 Å². The third-order valence-corrected chi connectivity index (χ3v) is 7.04. The molecule has 1 aromatic heterocycles. The summed E-state index contributed by atoms with van der Waals surface area (Å²) < 4.78 is 13.8. The van der Waals surface area contributed by atoms with Gasteiger partial charge in [-0.25, -0.2) is 0 Å². The summed E-state index contributed by atoms with van der Waals surface area (Å²) in [5, 5.41) is 4.40. The van der Waals surface area contributed by atoms with E-state index in [4.69, 9.17) is 9.47 Å². The van der Waals surface area contributed by atoms with Crippen LogP contribution in [0, 0.1) is 12.8 Å². The highest BCUT2D eigenvalue weighted by Crippen LogP contribution is 2.27. The second kappa shape index (κ2) is 10.5. The van der Waals surface area contributed by atoms with E-state index in [1.165, 1.54) is 11.3 Å². The van der Waals surface area contributed by atoms with Crippen LogP contribution in [0.4, 0.5) is 0 Å². The minimum Gasteiger partial charge on any atom is -0.492 e. The summed E-state index contributed by atoms with van der Waals surface area (Å²) in [4.78, 5) is 17.6. The van der Waals surface area contributed by atoms with Crippen LogP contribution in [0.2, 0.25) is 0 Å². The van der Waals surface area contributed by atoms with Crippen LogP contribution in [-0.4, -0.2) is 71.5 Å². The highest BCUT2D eigenvalue weighted by molar-refractivity contribution is 5.94. The van der Waals surface area contributed by atoms with Crippen LogP contribution in [0.3, 0.4) is 0 Å². The van der Waals surface area contributed by atoms with E-state index in [0.29, 0.717) is 18.1 Å². The highest BCUT2D eigenvalue weighted by Gasteiger charge is 2.31. The smallest absolute Gasteiger partial charge is 0.254 e. The van der Waals surface area contributed by atoms with Crippen LogP contribution in [0.5, 0.6) is 5.75 Å². The minimum absolute atomic E-state index is 0.0959. The van der Waals surface area contributed by atoms with Gasteiger partial charge >= 0.3 is 0 Å². The van der Waals surface area contributed by atoms with Gasteiger partial charge in [0.05, 0.1) is 12.3 Å². The molecule has 1 aromatic carbocycles. The SMILES string of the molecule is CO[C@@H]1CCN2C[C@@H]1CCCCN(Cc1cnn(C)c1C)CCOc1cccc(c1)C2=O. The number of rotatable bonds is 3. The van der Waals surface area contributed by atoms with Gasteiger partial charge in [0, 0.05) is 63.1 Å². The van der Waals surface area contributed by atoms with Gasteiger partial charge < -0.3 is 14.4 Å². The number of carbonyl (C=O) groups is 1. The molecule has 0 saturated carbocycles. The molecule has 2 aliphatic heterocycles. The summed E-state index contributed by atoms with van der Waals surface area (Å²) in [6.07, 6.45) is 6.44. The van der Waals surface area contributed by atoms with Crippen molar-refractivity contribution in [1.29, 1.82) is 0 Å². The Morgan fingerprint density at radius 2 is 2.06 bits per heavy atom. The number of amides is 1. The molecule has 0 aliphatic carbocycles. The van der Waals surface area contributed by atoms with Crippen LogP contribution in [0.1, 0.15) is 47.3 Å². The Kier molecular flexibility index (Phi) is 7.48. The molecule has 32 heavy (non-hydrogen) atoms. The summed E-state index contributed by atoms with van der Waals surface area (Å²) in [6, 6.07) is 7.62. The standard InChI is InChI=1S/C25H36N4O3/c1-19-22(16-26-27(19)2)17-28-11-5-4-7-21-18-29(12-10-24(21)31-3)25(30)20-8-6-9-23(15-20)32-14-13-28/h6,8-9,15-16,21,24H,4-5,7,10-14,17-18H2,1-3H3/t21-,24+/m0/s1. The lowest BCUT2D eigenvalue weighted by Gasteiger charge is -2.38. The first kappa shape index (κ1) is 22.8. The Balaban J connectivity index is 1.51. The molecule has 3 heterocycles. The number of hydrogen-bond donors (Lipinski definition) is 0. The first-order valence-electron chi connectivity index (χ1n) is 11.8. The zero-order valence-electron chi connectivity index (χ0n) is 19.6. The fourth-order valence-corrected chi connectivity index (χ4v) is 4.93. The zero-order valence-corrected chi connectivity index (χ0v) is 19.6. The molecule has 7 nitrogen and oxygen atoms in total. The summed E-state index contributed by atoms with van der Waals surface area (Å²) >= 11 is 0. The quantitative estimate of drug-likeness (QED) is 0.733. The molecule has 1 fully saturated rings. The molecule has 1 saturated heterocycles. The average molecular weight is 441 g/mol. The van der Waals surface area contributed by atoms with Gasteiger partial charge in [0.2, 0.25) is 0 Å². The molecule has 2 atom stereocenters. The maximum atomic E-state index is 13.2. The van der Waals surface area contributed by atoms with Gasteiger partial charge in [-0.2, -0.15) is 5.10 Å². The molecule has 0 spiro atoms. The number of aromatic nitrogens is 2. The Hall–Kier alpha value is -2.38. The molecule has 174 valence electrons. The summed E-state index contributed by atoms with van der Waals surface area (Å²) in [5.74, 6) is 1.24. The molecule has 0 N–H and O–H groups in total. The number of ether oxygens (including phenoxy) is 2. The van der Waals surface area contributed by atoms with E-state index >= 15 is 0 Å². The zero-order chi connectivity index (χ0) is 22.5. The number of fused-ring (bicyclic) bond motifs is 4. The van der Waals surface area contributed by atoms with Gasteiger partial charge in [0.1, 0.15) is 12.4 Å². The number of aryl methyl sites for hydroxylation is 1. The number of methoxy groups -OCH3 is 1. The van der Waals surface area contributed by atoms with E-state index in [2.05, 4.69) is 16.9 Å². The molecule has 2 aromatic rings. The van der Waals surface area contributed by atoms with Gasteiger partial charge in [-0.15, -0.1) is 0 Å². The van der Waals surface area contributed by atoms with Crippen molar-refractivity contribution >= 4 is 5.91 Å². The molecule has 2 aliphatic rings. The number of hydrogen-bond acceptors (Lipinski definition) is 5. The van der Waals surface area contributed by atoms with Crippen molar-refractivity contribution in [3.05, 3.63) is 47.3 Å². The summed E-state index contributed by atoms with van der Waals surface area (Å²) in [5.41, 5.74) is 3.17. The van der Waals surface area contributed by atoms with Crippen LogP contribution < -0.4 is 4.74 Å². The lowest BCUT2D eigenvalue weighted by Crippen LogP contribution is -2.46. The van der Waals surface area contributed by atoms with Crippen molar-refractivity contribution in [3.8, 4) is 5.75 Å². The van der Waals surface area contributed by atoms with E-state index in [9.17, 15) is 4.79 Å². The molecule has 4 rings (SSSR count). The second-order valence-electron chi connectivity index (χ2n) is 9.10. The maximum absolute atomic E-state index is 13.2. The number of nitrogens with zero attached hydrogens (tertiary/aromatic N) is 4. The highest BCUT2D eigenvalue weighted by atomic mass is 16.5. The van der Waals surface area contributed by atoms with Gasteiger partial charge in [-0.1, -0.05) is 12.5 Å². The van der Waals surface area contributed by atoms with E-state index in [-0.39, 0.29) is 12.0 Å². The molecule has 0 radical (unpaired) electrons. The predicted molar refractivity (Wildman–Crippen MR) is 124 cm³/mol. The van der Waals surface area contributed by atoms with Crippen molar-refractivity contribution in [2.75, 3.05) is 39.9 Å². The van der Waals surface area contributed by atoms with Gasteiger partial charge in [-0.3, -0.25) is 14.4 Å². The Morgan fingerprint density at radius 3 is 2.84 bits per heavy atom. The normalized spacial score (nSPS) is 23.3. The Morgan fingerprint density at radius 1 is 1.19 bits per heavy atom. The number of piperidine rings is 1. The fraction of sp³-hybridized carbons (Fsp3) is 0.600. The van der Waals surface area contributed by atoms with E-state index in [1.807, 2.05) is 47.1 Å². The van der Waals surface area contributed by atoms with Crippen LogP contribution in [0.25, 0.3) is 0 Å². The van der Waals surface area contributed by atoms with Gasteiger partial charge in [-0.05, 0) is 50.9 Å². The Labute approximate surface area is 191 Å². The van der Waals surface area contributed by atoms with Crippen molar-refractivity contribution in [2.24, 2.45) is 13.0 Å². The van der Waals surface area contributed by atoms with Crippen LogP contribution in [0.15, 0.2) is 30.5 Å². The second-order valence-corrected chi connectivity index (χ2v) is 9.10. The lowest BCUT2D eigenvalue weighted by atomic mass is 9.89. The van der Waals surface area contributed by atoms with Crippen LogP contribution >= 0.6 is 0 Å². The molecular weight excluding hydrogens is 404 g/mol. The van der Waals surface area contributed by atoms with Crippen molar-refractivity contribution in [1.82, 2.24) is 19.6 Å². The predicted octanol–water partition coefficient (Wildman–Crippen LogP) is 3.27. The Bertz CT molecular complexity index is 912. The van der Waals surface area contributed by atoms with Crippen molar-refractivity contribution in [2.45, 2.75) is 45.3 Å².